The van der Waals surface area contributed by atoms with E-state index in [9.17, 15) is 4.79 Å². The van der Waals surface area contributed by atoms with Gasteiger partial charge in [0.1, 0.15) is 0 Å². The van der Waals surface area contributed by atoms with Gasteiger partial charge in [0, 0.05) is 39.1 Å². The number of nitrogens with one attached hydrogen (secondary N) is 1. The lowest BCUT2D eigenvalue weighted by atomic mass is 10.1. The molecule has 1 amide bonds. The van der Waals surface area contributed by atoms with Gasteiger partial charge in [-0.15, -0.1) is 0 Å². The van der Waals surface area contributed by atoms with Crippen molar-refractivity contribution in [3.63, 3.8) is 0 Å². The quantitative estimate of drug-likeness (QED) is 0.803. The molecule has 1 aromatic heterocycles. The number of carbonyl (C=O) groups is 1. The van der Waals surface area contributed by atoms with E-state index in [4.69, 9.17) is 0 Å². The number of hydrogen-bond acceptors (Lipinski definition) is 3. The minimum Gasteiger partial charge on any atom is -0.336 e. The number of amides is 1. The van der Waals surface area contributed by atoms with Gasteiger partial charge in [0.05, 0.1) is 17.5 Å². The largest absolute Gasteiger partial charge is 0.336 e. The summed E-state index contributed by atoms with van der Waals surface area (Å²) in [6.07, 6.45) is 4.13. The number of carbonyl (C=O) groups excluding carboxylic acids is 1. The Morgan fingerprint density at radius 1 is 1.41 bits per heavy atom. The zero-order chi connectivity index (χ0) is 11.8. The third-order valence-electron chi connectivity index (χ3n) is 3.58. The zero-order valence-corrected chi connectivity index (χ0v) is 10.1. The Morgan fingerprint density at radius 3 is 2.76 bits per heavy atom. The molecular weight excluding hydrogens is 216 g/mol. The fraction of sp³-hybridized carbons (Fsp3) is 0.667. The van der Waals surface area contributed by atoms with Gasteiger partial charge in [-0.3, -0.25) is 9.48 Å². The molecule has 2 aliphatic rings. The number of piperazine rings is 1. The standard InChI is InChI=1S/C12H18N4O/c1-15-11(9-2-3-9)10(8-14-15)12(17)16-6-4-13-5-7-16/h8-9,13H,2-7H2,1H3. The Hall–Kier alpha value is -1.36. The lowest BCUT2D eigenvalue weighted by Gasteiger charge is -2.27. The highest BCUT2D eigenvalue weighted by Gasteiger charge is 2.33. The average molecular weight is 234 g/mol. The number of aryl methyl sites for hydroxylation is 1. The van der Waals surface area contributed by atoms with Crippen LogP contribution in [0.3, 0.4) is 0 Å². The SMILES string of the molecule is Cn1ncc(C(=O)N2CCNCC2)c1C1CC1. The normalized spacial score (nSPS) is 20.6. The van der Waals surface area contributed by atoms with Crippen molar-refractivity contribution >= 4 is 5.91 Å². The molecule has 5 nitrogen and oxygen atoms in total. The average Bonchev–Trinajstić information content (AvgIpc) is 3.13. The molecule has 0 atom stereocenters. The Bertz CT molecular complexity index is 430. The predicted molar refractivity (Wildman–Crippen MR) is 64.0 cm³/mol. The van der Waals surface area contributed by atoms with E-state index in [1.165, 1.54) is 12.8 Å². The lowest BCUT2D eigenvalue weighted by molar-refractivity contribution is 0.0734. The molecule has 3 rings (SSSR count). The minimum absolute atomic E-state index is 0.154. The highest BCUT2D eigenvalue weighted by molar-refractivity contribution is 5.95. The van der Waals surface area contributed by atoms with Crippen LogP contribution in [0.15, 0.2) is 6.20 Å². The van der Waals surface area contributed by atoms with Crippen LogP contribution in [0.4, 0.5) is 0 Å². The van der Waals surface area contributed by atoms with Gasteiger partial charge in [-0.2, -0.15) is 5.10 Å². The molecule has 2 fully saturated rings. The summed E-state index contributed by atoms with van der Waals surface area (Å²) >= 11 is 0. The number of aromatic nitrogens is 2. The van der Waals surface area contributed by atoms with E-state index in [-0.39, 0.29) is 5.91 Å². The Balaban J connectivity index is 1.85. The third kappa shape index (κ3) is 1.95. The van der Waals surface area contributed by atoms with E-state index in [2.05, 4.69) is 10.4 Å². The van der Waals surface area contributed by atoms with E-state index in [1.807, 2.05) is 16.6 Å². The van der Waals surface area contributed by atoms with E-state index in [0.29, 0.717) is 5.92 Å². The van der Waals surface area contributed by atoms with Crippen molar-refractivity contribution in [2.24, 2.45) is 7.05 Å². The Labute approximate surface area is 101 Å². The van der Waals surface area contributed by atoms with Gasteiger partial charge in [-0.1, -0.05) is 0 Å². The maximum atomic E-state index is 12.4. The molecule has 0 unspecified atom stereocenters. The molecule has 5 heteroatoms. The van der Waals surface area contributed by atoms with Gasteiger partial charge in [0.15, 0.2) is 0 Å². The molecular formula is C12H18N4O. The van der Waals surface area contributed by atoms with Crippen LogP contribution in [0, 0.1) is 0 Å². The van der Waals surface area contributed by atoms with Crippen LogP contribution >= 0.6 is 0 Å². The first-order chi connectivity index (χ1) is 8.27. The van der Waals surface area contributed by atoms with Crippen molar-refractivity contribution in [2.45, 2.75) is 18.8 Å². The summed E-state index contributed by atoms with van der Waals surface area (Å²) in [6, 6.07) is 0. The number of hydrogen-bond donors (Lipinski definition) is 1. The van der Waals surface area contributed by atoms with Crippen LogP contribution in [-0.2, 0) is 7.05 Å². The topological polar surface area (TPSA) is 50.2 Å². The summed E-state index contributed by atoms with van der Waals surface area (Å²) < 4.78 is 1.87. The van der Waals surface area contributed by atoms with E-state index >= 15 is 0 Å². The van der Waals surface area contributed by atoms with Crippen molar-refractivity contribution in [1.82, 2.24) is 20.0 Å². The van der Waals surface area contributed by atoms with Crippen LogP contribution < -0.4 is 5.32 Å². The van der Waals surface area contributed by atoms with Gasteiger partial charge in [0.25, 0.3) is 5.91 Å². The molecule has 1 aromatic rings. The Kier molecular flexibility index (Phi) is 2.63. The molecule has 0 spiro atoms. The molecule has 1 aliphatic carbocycles. The molecule has 92 valence electrons. The second-order valence-corrected chi connectivity index (χ2v) is 4.88. The number of rotatable bonds is 2. The van der Waals surface area contributed by atoms with Crippen molar-refractivity contribution in [2.75, 3.05) is 26.2 Å². The summed E-state index contributed by atoms with van der Waals surface area (Å²) in [5.41, 5.74) is 1.95. The lowest BCUT2D eigenvalue weighted by Crippen LogP contribution is -2.46. The monoisotopic (exact) mass is 234 g/mol. The van der Waals surface area contributed by atoms with Crippen LogP contribution in [-0.4, -0.2) is 46.8 Å². The third-order valence-corrected chi connectivity index (χ3v) is 3.58. The highest BCUT2D eigenvalue weighted by Crippen LogP contribution is 2.41. The van der Waals surface area contributed by atoms with Crippen LogP contribution in [0.2, 0.25) is 0 Å². The van der Waals surface area contributed by atoms with Crippen LogP contribution in [0.25, 0.3) is 0 Å². The first-order valence-electron chi connectivity index (χ1n) is 6.29. The fourth-order valence-electron chi connectivity index (χ4n) is 2.49. The first kappa shape index (κ1) is 10.8. The summed E-state index contributed by atoms with van der Waals surface area (Å²) in [7, 11) is 1.93. The van der Waals surface area contributed by atoms with Crippen LogP contribution in [0.5, 0.6) is 0 Å². The molecule has 1 aliphatic heterocycles. The van der Waals surface area contributed by atoms with Crippen molar-refractivity contribution in [3.05, 3.63) is 17.5 Å². The van der Waals surface area contributed by atoms with Gasteiger partial charge in [-0.05, 0) is 12.8 Å². The van der Waals surface area contributed by atoms with Gasteiger partial charge < -0.3 is 10.2 Å². The molecule has 2 heterocycles. The second kappa shape index (κ2) is 4.14. The molecule has 0 bridgehead atoms. The summed E-state index contributed by atoms with van der Waals surface area (Å²) in [4.78, 5) is 14.3. The molecule has 1 N–H and O–H groups in total. The van der Waals surface area contributed by atoms with E-state index in [0.717, 1.165) is 37.4 Å². The number of nitrogens with zero attached hydrogens (tertiary/aromatic N) is 3. The highest BCUT2D eigenvalue weighted by atomic mass is 16.2. The van der Waals surface area contributed by atoms with Crippen molar-refractivity contribution in [3.8, 4) is 0 Å². The predicted octanol–water partition coefficient (Wildman–Crippen LogP) is 0.343. The molecule has 17 heavy (non-hydrogen) atoms. The van der Waals surface area contributed by atoms with Crippen molar-refractivity contribution < 1.29 is 4.79 Å². The van der Waals surface area contributed by atoms with Crippen molar-refractivity contribution in [1.29, 1.82) is 0 Å². The smallest absolute Gasteiger partial charge is 0.257 e. The molecule has 1 saturated heterocycles. The summed E-state index contributed by atoms with van der Waals surface area (Å²) in [6.45, 7) is 3.39. The van der Waals surface area contributed by atoms with Gasteiger partial charge in [-0.25, -0.2) is 0 Å². The van der Waals surface area contributed by atoms with E-state index < -0.39 is 0 Å². The maximum absolute atomic E-state index is 12.4. The summed E-state index contributed by atoms with van der Waals surface area (Å²) in [5.74, 6) is 0.714. The maximum Gasteiger partial charge on any atom is 0.257 e. The van der Waals surface area contributed by atoms with Gasteiger partial charge in [0.2, 0.25) is 0 Å². The summed E-state index contributed by atoms with van der Waals surface area (Å²) in [5, 5.41) is 7.51. The molecule has 1 saturated carbocycles. The van der Waals surface area contributed by atoms with Gasteiger partial charge >= 0.3 is 0 Å². The fourth-order valence-corrected chi connectivity index (χ4v) is 2.49. The minimum atomic E-state index is 0.154. The first-order valence-corrected chi connectivity index (χ1v) is 6.29. The molecule has 0 aromatic carbocycles. The second-order valence-electron chi connectivity index (χ2n) is 4.88. The van der Waals surface area contributed by atoms with Crippen LogP contribution in [0.1, 0.15) is 34.8 Å². The zero-order valence-electron chi connectivity index (χ0n) is 10.1. The Morgan fingerprint density at radius 2 is 2.12 bits per heavy atom. The molecule has 0 radical (unpaired) electrons. The van der Waals surface area contributed by atoms with E-state index in [1.54, 1.807) is 6.20 Å².